The third-order valence-corrected chi connectivity index (χ3v) is 3.57. The number of nitrogens with one attached hydrogen (secondary N) is 1. The zero-order valence-electron chi connectivity index (χ0n) is 15.2. The monoisotopic (exact) mass is 397 g/mol. The average Bonchev–Trinajstić information content (AvgIpc) is 2.71. The highest BCUT2D eigenvalue weighted by Gasteiger charge is 2.14. The second-order valence-corrected chi connectivity index (χ2v) is 5.68. The molecule has 0 aliphatic rings. The Morgan fingerprint density at radius 1 is 1.17 bits per heavy atom. The van der Waals surface area contributed by atoms with Gasteiger partial charge in [0.05, 0.1) is 16.2 Å². The topological polar surface area (TPSA) is 149 Å². The lowest BCUT2D eigenvalue weighted by Crippen LogP contribution is -2.24. The fraction of sp³-hybridized carbons (Fsp3) is 0.158. The molecule has 1 N–H and O–H groups in total. The molecule has 0 aliphatic carbocycles. The van der Waals surface area contributed by atoms with Crippen molar-refractivity contribution in [3.8, 4) is 11.8 Å². The van der Waals surface area contributed by atoms with Gasteiger partial charge < -0.3 is 14.8 Å². The number of nitro groups is 1. The fourth-order valence-corrected chi connectivity index (χ4v) is 2.17. The van der Waals surface area contributed by atoms with Crippen molar-refractivity contribution in [1.82, 2.24) is 0 Å². The quantitative estimate of drug-likeness (QED) is 0.308. The number of esters is 1. The zero-order valence-corrected chi connectivity index (χ0v) is 15.2. The number of hydrogen-bond acceptors (Lipinski definition) is 8. The summed E-state index contributed by atoms with van der Waals surface area (Å²) < 4.78 is 9.99. The van der Waals surface area contributed by atoms with E-state index in [9.17, 15) is 24.5 Å². The highest BCUT2D eigenvalue weighted by atomic mass is 16.6. The molecule has 148 valence electrons. The molecule has 0 aromatic heterocycles. The Hall–Kier alpha value is -4.26. The van der Waals surface area contributed by atoms with Crippen LogP contribution in [0.15, 0.2) is 42.5 Å². The van der Waals surface area contributed by atoms with Crippen LogP contribution in [0, 0.1) is 21.4 Å². The number of anilines is 1. The smallest absolute Gasteiger partial charge is 0.344 e. The molecule has 1 amide bonds. The van der Waals surface area contributed by atoms with Crippen molar-refractivity contribution in [3.63, 3.8) is 0 Å². The Bertz CT molecular complexity index is 1010. The van der Waals surface area contributed by atoms with Gasteiger partial charge in [-0.1, -0.05) is 12.1 Å². The molecule has 0 saturated carbocycles. The molecule has 10 heteroatoms. The van der Waals surface area contributed by atoms with Gasteiger partial charge in [-0.25, -0.2) is 4.79 Å². The van der Waals surface area contributed by atoms with E-state index in [1.165, 1.54) is 19.1 Å². The number of benzene rings is 2. The van der Waals surface area contributed by atoms with Crippen molar-refractivity contribution in [2.45, 2.75) is 6.92 Å². The van der Waals surface area contributed by atoms with Gasteiger partial charge in [-0.15, -0.1) is 0 Å². The minimum atomic E-state index is -0.822. The Balaban J connectivity index is 1.85. The molecule has 0 unspecified atom stereocenters. The van der Waals surface area contributed by atoms with Crippen LogP contribution in [0.3, 0.4) is 0 Å². The molecule has 0 fully saturated rings. The van der Waals surface area contributed by atoms with Gasteiger partial charge >= 0.3 is 5.97 Å². The maximum Gasteiger partial charge on any atom is 0.344 e. The molecule has 0 saturated heterocycles. The van der Waals surface area contributed by atoms with E-state index in [1.807, 2.05) is 0 Å². The summed E-state index contributed by atoms with van der Waals surface area (Å²) in [4.78, 5) is 45.0. The molecule has 0 aliphatic heterocycles. The summed E-state index contributed by atoms with van der Waals surface area (Å²) >= 11 is 0. The number of Topliss-reactive ketones (excluding diaryl/α,β-unsaturated/α-hetero) is 1. The number of carbonyl (C=O) groups excluding carboxylic acids is 3. The number of hydrogen-bond donors (Lipinski definition) is 1. The van der Waals surface area contributed by atoms with Gasteiger partial charge in [-0.3, -0.25) is 19.7 Å². The van der Waals surface area contributed by atoms with Crippen molar-refractivity contribution >= 4 is 29.0 Å². The molecule has 29 heavy (non-hydrogen) atoms. The molecular weight excluding hydrogens is 382 g/mol. The molecule has 2 aromatic carbocycles. The van der Waals surface area contributed by atoms with Gasteiger partial charge in [0, 0.05) is 17.7 Å². The fourth-order valence-electron chi connectivity index (χ4n) is 2.17. The summed E-state index contributed by atoms with van der Waals surface area (Å²) in [7, 11) is 0. The van der Waals surface area contributed by atoms with Crippen LogP contribution in [0.4, 0.5) is 11.4 Å². The lowest BCUT2D eigenvalue weighted by Gasteiger charge is -2.09. The van der Waals surface area contributed by atoms with E-state index < -0.39 is 30.0 Å². The maximum atomic E-state index is 11.9. The summed E-state index contributed by atoms with van der Waals surface area (Å²) in [6.07, 6.45) is 0. The lowest BCUT2D eigenvalue weighted by molar-refractivity contribution is -0.384. The first-order valence-electron chi connectivity index (χ1n) is 8.18. The molecule has 0 spiro atoms. The number of nitro benzene ring substituents is 1. The number of amides is 1. The van der Waals surface area contributed by atoms with Crippen molar-refractivity contribution in [1.29, 1.82) is 5.26 Å². The zero-order chi connectivity index (χ0) is 21.4. The average molecular weight is 397 g/mol. The van der Waals surface area contributed by atoms with Crippen LogP contribution in [0.5, 0.6) is 5.75 Å². The first-order valence-corrected chi connectivity index (χ1v) is 8.18. The molecule has 10 nitrogen and oxygen atoms in total. The van der Waals surface area contributed by atoms with Crippen molar-refractivity contribution < 1.29 is 28.8 Å². The van der Waals surface area contributed by atoms with E-state index >= 15 is 0 Å². The van der Waals surface area contributed by atoms with Gasteiger partial charge in [0.25, 0.3) is 11.6 Å². The van der Waals surface area contributed by atoms with Gasteiger partial charge in [-0.2, -0.15) is 5.26 Å². The van der Waals surface area contributed by atoms with E-state index in [2.05, 4.69) is 5.32 Å². The Morgan fingerprint density at radius 3 is 2.59 bits per heavy atom. The number of nitrogens with zero attached hydrogens (tertiary/aromatic N) is 2. The van der Waals surface area contributed by atoms with Gasteiger partial charge in [0.15, 0.2) is 19.0 Å². The van der Waals surface area contributed by atoms with Gasteiger partial charge in [0.1, 0.15) is 11.8 Å². The highest BCUT2D eigenvalue weighted by Crippen LogP contribution is 2.21. The van der Waals surface area contributed by atoms with Crippen LogP contribution in [-0.4, -0.2) is 35.8 Å². The maximum absolute atomic E-state index is 11.9. The first-order chi connectivity index (χ1) is 13.8. The summed E-state index contributed by atoms with van der Waals surface area (Å²) in [6.45, 7) is 0.280. The van der Waals surface area contributed by atoms with Gasteiger partial charge in [0.2, 0.25) is 0 Å². The Kier molecular flexibility index (Phi) is 6.97. The largest absolute Gasteiger partial charge is 0.482 e. The molecular formula is C19H15N3O7. The molecule has 0 atom stereocenters. The minimum absolute atomic E-state index is 0.0523. The third-order valence-electron chi connectivity index (χ3n) is 3.57. The summed E-state index contributed by atoms with van der Waals surface area (Å²) in [5, 5.41) is 22.1. The molecule has 2 rings (SSSR count). The van der Waals surface area contributed by atoms with E-state index in [0.29, 0.717) is 11.3 Å². The van der Waals surface area contributed by atoms with Crippen molar-refractivity contribution in [3.05, 3.63) is 63.7 Å². The predicted molar refractivity (Wildman–Crippen MR) is 99.3 cm³/mol. The van der Waals surface area contributed by atoms with Crippen LogP contribution in [0.25, 0.3) is 0 Å². The van der Waals surface area contributed by atoms with E-state index in [4.69, 9.17) is 14.7 Å². The molecule has 2 aromatic rings. The number of non-ortho nitro benzene ring substituents is 1. The van der Waals surface area contributed by atoms with Crippen molar-refractivity contribution in [2.24, 2.45) is 0 Å². The van der Waals surface area contributed by atoms with Crippen molar-refractivity contribution in [2.75, 3.05) is 18.5 Å². The Morgan fingerprint density at radius 2 is 1.93 bits per heavy atom. The number of carbonyl (C=O) groups is 3. The van der Waals surface area contributed by atoms with E-state index in [0.717, 1.165) is 12.1 Å². The summed E-state index contributed by atoms with van der Waals surface area (Å²) in [6, 6.07) is 11.3. The first kappa shape index (κ1) is 21.0. The molecule has 0 radical (unpaired) electrons. The number of nitriles is 1. The second kappa shape index (κ2) is 9.61. The third kappa shape index (κ3) is 6.14. The lowest BCUT2D eigenvalue weighted by atomic mass is 10.1. The second-order valence-electron chi connectivity index (χ2n) is 5.68. The van der Waals surface area contributed by atoms with Crippen LogP contribution < -0.4 is 10.1 Å². The van der Waals surface area contributed by atoms with Gasteiger partial charge in [-0.05, 0) is 25.1 Å². The van der Waals surface area contributed by atoms with E-state index in [1.54, 1.807) is 24.3 Å². The number of ketones is 1. The normalized spacial score (nSPS) is 9.79. The minimum Gasteiger partial charge on any atom is -0.482 e. The predicted octanol–water partition coefficient (Wildman–Crippen LogP) is 2.23. The Labute approximate surface area is 164 Å². The van der Waals surface area contributed by atoms with Crippen LogP contribution >= 0.6 is 0 Å². The number of ether oxygens (including phenoxy) is 2. The highest BCUT2D eigenvalue weighted by molar-refractivity contribution is 5.95. The molecule has 0 bridgehead atoms. The number of rotatable bonds is 8. The van der Waals surface area contributed by atoms with Crippen LogP contribution in [0.2, 0.25) is 0 Å². The summed E-state index contributed by atoms with van der Waals surface area (Å²) in [5.41, 5.74) is 0.0765. The SMILES string of the molecule is CC(=O)c1cccc(OCC(=O)OCC(=O)Nc2ccc([N+](=O)[O-])cc2C#N)c1. The van der Waals surface area contributed by atoms with Crippen LogP contribution in [-0.2, 0) is 14.3 Å². The standard InChI is InChI=1S/C19H15N3O7/c1-12(23)13-3-2-4-16(8-13)28-11-19(25)29-10-18(24)21-17-6-5-15(22(26)27)7-14(17)9-20/h2-8H,10-11H2,1H3,(H,21,24). The van der Waals surface area contributed by atoms with Crippen LogP contribution in [0.1, 0.15) is 22.8 Å². The summed E-state index contributed by atoms with van der Waals surface area (Å²) in [5.74, 6) is -1.42. The van der Waals surface area contributed by atoms with E-state index in [-0.39, 0.29) is 22.7 Å². The molecule has 0 heterocycles.